The average molecular weight is 528 g/mol. The molecule has 2 aliphatic rings. The van der Waals surface area contributed by atoms with Crippen LogP contribution in [0.5, 0.6) is 11.5 Å². The summed E-state index contributed by atoms with van der Waals surface area (Å²) in [4.78, 5) is 17.6. The fraction of sp³-hybridized carbons (Fsp3) is 0.323. The fourth-order valence-electron chi connectivity index (χ4n) is 5.78. The molecular weight excluding hydrogens is 494 g/mol. The van der Waals surface area contributed by atoms with Crippen molar-refractivity contribution in [1.29, 1.82) is 0 Å². The molecule has 38 heavy (non-hydrogen) atoms. The molecule has 0 saturated carbocycles. The van der Waals surface area contributed by atoms with Crippen molar-refractivity contribution in [3.63, 3.8) is 0 Å². The van der Waals surface area contributed by atoms with Gasteiger partial charge in [0.15, 0.2) is 11.5 Å². The quantitative estimate of drug-likeness (QED) is 0.300. The molecule has 0 unspecified atom stereocenters. The van der Waals surface area contributed by atoms with Crippen LogP contribution in [0.2, 0.25) is 0 Å². The number of rotatable bonds is 5. The molecule has 0 fully saturated rings. The number of aryl methyl sites for hydroxylation is 2. The van der Waals surface area contributed by atoms with Gasteiger partial charge in [-0.3, -0.25) is 0 Å². The van der Waals surface area contributed by atoms with Gasteiger partial charge in [0.1, 0.15) is 5.00 Å². The Labute approximate surface area is 227 Å². The molecular formula is C31H33N3O3S. The van der Waals surface area contributed by atoms with E-state index in [0.29, 0.717) is 23.7 Å². The summed E-state index contributed by atoms with van der Waals surface area (Å²) in [5, 5.41) is 4.42. The minimum atomic E-state index is -0.227. The van der Waals surface area contributed by atoms with E-state index in [4.69, 9.17) is 9.47 Å². The topological polar surface area (TPSA) is 55.7 Å². The van der Waals surface area contributed by atoms with E-state index in [2.05, 4.69) is 59.4 Å². The maximum Gasteiger partial charge on any atom is 0.322 e. The van der Waals surface area contributed by atoms with Crippen LogP contribution in [0.25, 0.3) is 5.00 Å². The average Bonchev–Trinajstić information content (AvgIpc) is 3.55. The van der Waals surface area contributed by atoms with E-state index in [1.54, 1.807) is 20.3 Å². The van der Waals surface area contributed by atoms with E-state index >= 15 is 0 Å². The van der Waals surface area contributed by atoms with E-state index < -0.39 is 0 Å². The first-order valence-electron chi connectivity index (χ1n) is 13.3. The largest absolute Gasteiger partial charge is 0.493 e. The van der Waals surface area contributed by atoms with Gasteiger partial charge in [-0.15, -0.1) is 11.3 Å². The van der Waals surface area contributed by atoms with Gasteiger partial charge < -0.3 is 24.3 Å². The van der Waals surface area contributed by atoms with Crippen molar-refractivity contribution in [2.24, 2.45) is 0 Å². The van der Waals surface area contributed by atoms with Crippen molar-refractivity contribution in [3.05, 3.63) is 93.6 Å². The van der Waals surface area contributed by atoms with Crippen LogP contribution < -0.4 is 14.8 Å². The highest BCUT2D eigenvalue weighted by Crippen LogP contribution is 2.44. The molecule has 1 aliphatic heterocycles. The molecule has 6 rings (SSSR count). The Bertz CT molecular complexity index is 1470. The summed E-state index contributed by atoms with van der Waals surface area (Å²) in [6, 6.07) is 18.1. The normalized spacial score (nSPS) is 16.2. The molecule has 0 spiro atoms. The Hall–Kier alpha value is -3.71. The number of aromatic nitrogens is 1. The number of benzene rings is 2. The van der Waals surface area contributed by atoms with Gasteiger partial charge in [0, 0.05) is 28.4 Å². The Kier molecular flexibility index (Phi) is 6.62. The number of anilines is 1. The zero-order valence-electron chi connectivity index (χ0n) is 22.1. The number of methoxy groups -OCH3 is 2. The minimum Gasteiger partial charge on any atom is -0.493 e. The molecule has 1 atom stereocenters. The Morgan fingerprint density at radius 1 is 1.00 bits per heavy atom. The molecule has 7 heteroatoms. The third-order valence-electron chi connectivity index (χ3n) is 7.78. The lowest BCUT2D eigenvalue weighted by atomic mass is 9.95. The van der Waals surface area contributed by atoms with Gasteiger partial charge in [-0.05, 0) is 73.1 Å². The van der Waals surface area contributed by atoms with Crippen molar-refractivity contribution in [1.82, 2.24) is 9.47 Å². The first-order valence-corrected chi connectivity index (χ1v) is 14.1. The monoisotopic (exact) mass is 527 g/mol. The Balaban J connectivity index is 1.45. The van der Waals surface area contributed by atoms with E-state index in [1.807, 2.05) is 28.4 Å². The number of nitrogens with zero attached hydrogens (tertiary/aromatic N) is 2. The summed E-state index contributed by atoms with van der Waals surface area (Å²) >= 11 is 1.90. The number of hydrogen-bond acceptors (Lipinski definition) is 4. The zero-order chi connectivity index (χ0) is 26.2. The summed E-state index contributed by atoms with van der Waals surface area (Å²) < 4.78 is 13.2. The smallest absolute Gasteiger partial charge is 0.322 e. The van der Waals surface area contributed by atoms with Crippen LogP contribution in [0, 0.1) is 0 Å². The highest BCUT2D eigenvalue weighted by atomic mass is 32.1. The van der Waals surface area contributed by atoms with Crippen LogP contribution in [0.15, 0.2) is 60.8 Å². The lowest BCUT2D eigenvalue weighted by Gasteiger charge is -2.31. The second-order valence-corrected chi connectivity index (χ2v) is 11.0. The predicted molar refractivity (Wildman–Crippen MR) is 152 cm³/mol. The van der Waals surface area contributed by atoms with E-state index in [0.717, 1.165) is 30.5 Å². The number of amides is 2. The molecule has 6 nitrogen and oxygen atoms in total. The second-order valence-electron chi connectivity index (χ2n) is 9.92. The van der Waals surface area contributed by atoms with Gasteiger partial charge in [0.05, 0.1) is 32.5 Å². The number of carbonyl (C=O) groups is 1. The summed E-state index contributed by atoms with van der Waals surface area (Å²) in [6.45, 7) is 2.72. The van der Waals surface area contributed by atoms with Crippen molar-refractivity contribution >= 4 is 23.1 Å². The molecule has 2 aromatic heterocycles. The van der Waals surface area contributed by atoms with Crippen LogP contribution in [0.3, 0.4) is 0 Å². The van der Waals surface area contributed by atoms with Gasteiger partial charge in [0.2, 0.25) is 0 Å². The SMILES string of the molecule is CCc1ccc([C@@H]2c3cccn3-c3sc4c(c3CN2C(=O)Nc2ccc(OC)c(OC)c2)CCCC4)cc1. The first-order chi connectivity index (χ1) is 18.6. The summed E-state index contributed by atoms with van der Waals surface area (Å²) in [5.74, 6) is 1.21. The van der Waals surface area contributed by atoms with Crippen molar-refractivity contribution in [2.45, 2.75) is 51.6 Å². The van der Waals surface area contributed by atoms with Crippen LogP contribution in [-0.4, -0.2) is 29.7 Å². The maximum absolute atomic E-state index is 14.1. The lowest BCUT2D eigenvalue weighted by Crippen LogP contribution is -2.38. The molecule has 1 N–H and O–H groups in total. The predicted octanol–water partition coefficient (Wildman–Crippen LogP) is 7.13. The number of carbonyl (C=O) groups excluding carboxylic acids is 1. The van der Waals surface area contributed by atoms with Gasteiger partial charge in [-0.25, -0.2) is 4.79 Å². The van der Waals surface area contributed by atoms with Crippen LogP contribution in [0.4, 0.5) is 10.5 Å². The minimum absolute atomic E-state index is 0.141. The number of thiophene rings is 1. The molecule has 0 radical (unpaired) electrons. The van der Waals surface area contributed by atoms with Gasteiger partial charge in [-0.1, -0.05) is 31.2 Å². The van der Waals surface area contributed by atoms with Gasteiger partial charge in [-0.2, -0.15) is 0 Å². The molecule has 4 aromatic rings. The highest BCUT2D eigenvalue weighted by molar-refractivity contribution is 7.15. The Morgan fingerprint density at radius 2 is 1.79 bits per heavy atom. The summed E-state index contributed by atoms with van der Waals surface area (Å²) in [6.07, 6.45) is 7.78. The van der Waals surface area contributed by atoms with Crippen molar-refractivity contribution < 1.29 is 14.3 Å². The molecule has 1 aliphatic carbocycles. The number of nitrogens with one attached hydrogen (secondary N) is 1. The van der Waals surface area contributed by atoms with Crippen LogP contribution in [-0.2, 0) is 25.8 Å². The zero-order valence-corrected chi connectivity index (χ0v) is 22.9. The van der Waals surface area contributed by atoms with Gasteiger partial charge in [0.25, 0.3) is 0 Å². The standard InChI is InChI=1S/C31H33N3O3S/c1-4-20-11-13-21(14-12-20)29-25-9-7-17-33(25)30-24(23-8-5-6-10-28(23)38-30)19-34(29)31(35)32-22-15-16-26(36-2)27(18-22)37-3/h7,9,11-18,29H,4-6,8,10,19H2,1-3H3,(H,32,35)/t29-/m1/s1. The molecule has 2 aromatic carbocycles. The molecule has 0 bridgehead atoms. The number of ether oxygens (including phenoxy) is 2. The van der Waals surface area contributed by atoms with Crippen molar-refractivity contribution in [3.8, 4) is 16.5 Å². The second kappa shape index (κ2) is 10.2. The van der Waals surface area contributed by atoms with Gasteiger partial charge >= 0.3 is 6.03 Å². The number of fused-ring (bicyclic) bond motifs is 5. The third kappa shape index (κ3) is 4.25. The Morgan fingerprint density at radius 3 is 2.55 bits per heavy atom. The lowest BCUT2D eigenvalue weighted by molar-refractivity contribution is 0.194. The molecule has 3 heterocycles. The van der Waals surface area contributed by atoms with E-state index in [9.17, 15) is 4.79 Å². The van der Waals surface area contributed by atoms with E-state index in [-0.39, 0.29) is 12.1 Å². The summed E-state index contributed by atoms with van der Waals surface area (Å²) in [5.41, 5.74) is 6.90. The van der Waals surface area contributed by atoms with Crippen molar-refractivity contribution in [2.75, 3.05) is 19.5 Å². The summed E-state index contributed by atoms with van der Waals surface area (Å²) in [7, 11) is 3.21. The number of hydrogen-bond donors (Lipinski definition) is 1. The van der Waals surface area contributed by atoms with Crippen LogP contribution >= 0.6 is 11.3 Å². The number of urea groups is 1. The third-order valence-corrected chi connectivity index (χ3v) is 9.11. The van der Waals surface area contributed by atoms with Crippen LogP contribution in [0.1, 0.15) is 58.6 Å². The molecule has 2 amide bonds. The van der Waals surface area contributed by atoms with E-state index in [1.165, 1.54) is 39.4 Å². The maximum atomic E-state index is 14.1. The molecule has 0 saturated heterocycles. The highest BCUT2D eigenvalue weighted by Gasteiger charge is 2.36. The fourth-order valence-corrected chi connectivity index (χ4v) is 7.19. The first kappa shape index (κ1) is 24.6. The molecule has 196 valence electrons.